The molecule has 2 aromatic carbocycles. The number of carbonyl (C=O) groups is 1. The first-order valence-corrected chi connectivity index (χ1v) is 10.9. The zero-order chi connectivity index (χ0) is 16.9. The zero-order valence-corrected chi connectivity index (χ0v) is 15.2. The van der Waals surface area contributed by atoms with Crippen molar-refractivity contribution in [3.05, 3.63) is 77.9 Å². The summed E-state index contributed by atoms with van der Waals surface area (Å²) in [6.07, 6.45) is 1.90. The summed E-state index contributed by atoms with van der Waals surface area (Å²) < 4.78 is 5.05. The number of esters is 1. The lowest BCUT2D eigenvalue weighted by Gasteiger charge is -2.34. The van der Waals surface area contributed by atoms with Gasteiger partial charge in [-0.25, -0.2) is 4.79 Å². The van der Waals surface area contributed by atoms with E-state index >= 15 is 0 Å². The monoisotopic (exact) mass is 324 g/mol. The summed E-state index contributed by atoms with van der Waals surface area (Å²) in [6.45, 7) is 6.54. The van der Waals surface area contributed by atoms with Crippen LogP contribution in [0.15, 0.2) is 72.3 Å². The Morgan fingerprint density at radius 1 is 1.00 bits per heavy atom. The van der Waals surface area contributed by atoms with E-state index in [0.717, 1.165) is 5.57 Å². The van der Waals surface area contributed by atoms with Crippen molar-refractivity contribution < 1.29 is 9.53 Å². The first-order valence-electron chi connectivity index (χ1n) is 7.87. The van der Waals surface area contributed by atoms with Gasteiger partial charge in [0.15, 0.2) is 0 Å². The van der Waals surface area contributed by atoms with E-state index in [1.165, 1.54) is 17.9 Å². The molecule has 0 radical (unpaired) electrons. The van der Waals surface area contributed by atoms with Crippen LogP contribution in [-0.4, -0.2) is 21.2 Å². The van der Waals surface area contributed by atoms with Gasteiger partial charge in [0, 0.05) is 11.1 Å². The van der Waals surface area contributed by atoms with Crippen molar-refractivity contribution in [2.75, 3.05) is 7.11 Å². The molecule has 0 aliphatic rings. The van der Waals surface area contributed by atoms with Crippen LogP contribution in [0.3, 0.4) is 0 Å². The Labute approximate surface area is 139 Å². The molecule has 0 N–H and O–H groups in total. The molecule has 0 aliphatic carbocycles. The summed E-state index contributed by atoms with van der Waals surface area (Å²) in [5.74, 6) is -0.238. The predicted octanol–water partition coefficient (Wildman–Crippen LogP) is 4.04. The van der Waals surface area contributed by atoms with Crippen LogP contribution >= 0.6 is 0 Å². The molecule has 1 atom stereocenters. The average molecular weight is 324 g/mol. The second-order valence-electron chi connectivity index (χ2n) is 6.17. The molecule has 2 nitrogen and oxygen atoms in total. The highest BCUT2D eigenvalue weighted by atomic mass is 28.3. The molecule has 0 amide bonds. The molecule has 0 spiro atoms. The fraction of sp³-hybridized carbons (Fsp3) is 0.250. The normalized spacial score (nSPS) is 13.5. The van der Waals surface area contributed by atoms with Gasteiger partial charge in [0.1, 0.15) is 0 Å². The third-order valence-electron chi connectivity index (χ3n) is 4.42. The van der Waals surface area contributed by atoms with Crippen LogP contribution in [0.2, 0.25) is 13.1 Å². The summed E-state index contributed by atoms with van der Waals surface area (Å²) in [5.41, 5.74) is 1.98. The number of ether oxygens (including phenoxy) is 1. The summed E-state index contributed by atoms with van der Waals surface area (Å²) in [7, 11) is -0.533. The topological polar surface area (TPSA) is 26.3 Å². The number of hydrogen-bond donors (Lipinski definition) is 0. The van der Waals surface area contributed by atoms with Gasteiger partial charge in [-0.1, -0.05) is 85.0 Å². The lowest BCUT2D eigenvalue weighted by molar-refractivity contribution is -0.136. The molecule has 0 saturated carbocycles. The van der Waals surface area contributed by atoms with Crippen LogP contribution in [0.5, 0.6) is 0 Å². The van der Waals surface area contributed by atoms with E-state index in [1.807, 2.05) is 37.3 Å². The standard InChI is InChI=1S/C20H24O2Si/c1-5-18(20(21)22-2)19(16-12-8-6-9-13-16)23(3,4)17-14-10-7-11-15-17/h5-15,19H,1-4H3/b18-5+. The number of carbonyl (C=O) groups excluding carboxylic acids is 1. The molecule has 0 heterocycles. The fourth-order valence-corrected chi connectivity index (χ4v) is 6.66. The van der Waals surface area contributed by atoms with Crippen molar-refractivity contribution in [1.82, 2.24) is 0 Å². The van der Waals surface area contributed by atoms with E-state index in [4.69, 9.17) is 4.74 Å². The van der Waals surface area contributed by atoms with Gasteiger partial charge in [-0.05, 0) is 12.5 Å². The van der Waals surface area contributed by atoms with E-state index in [-0.39, 0.29) is 11.5 Å². The van der Waals surface area contributed by atoms with Gasteiger partial charge in [0.05, 0.1) is 15.2 Å². The van der Waals surface area contributed by atoms with Crippen LogP contribution in [-0.2, 0) is 9.53 Å². The number of methoxy groups -OCH3 is 1. The van der Waals surface area contributed by atoms with Gasteiger partial charge in [-0.3, -0.25) is 0 Å². The average Bonchev–Trinajstić information content (AvgIpc) is 2.60. The first kappa shape index (κ1) is 17.2. The molecule has 3 heteroatoms. The zero-order valence-electron chi connectivity index (χ0n) is 14.2. The molecular formula is C20H24O2Si. The van der Waals surface area contributed by atoms with Crippen molar-refractivity contribution in [3.63, 3.8) is 0 Å². The van der Waals surface area contributed by atoms with Crippen LogP contribution in [0.25, 0.3) is 0 Å². The predicted molar refractivity (Wildman–Crippen MR) is 98.5 cm³/mol. The third kappa shape index (κ3) is 3.62. The Bertz CT molecular complexity index is 675. The maximum Gasteiger partial charge on any atom is 0.333 e. The first-order chi connectivity index (χ1) is 11.0. The third-order valence-corrected chi connectivity index (χ3v) is 8.32. The van der Waals surface area contributed by atoms with Gasteiger partial charge >= 0.3 is 5.97 Å². The van der Waals surface area contributed by atoms with Crippen molar-refractivity contribution in [2.45, 2.75) is 25.6 Å². The molecule has 0 bridgehead atoms. The Morgan fingerprint density at radius 3 is 2.00 bits per heavy atom. The Hall–Kier alpha value is -2.13. The molecule has 0 aromatic heterocycles. The van der Waals surface area contributed by atoms with E-state index in [9.17, 15) is 4.79 Å². The summed E-state index contributed by atoms with van der Waals surface area (Å²) in [4.78, 5) is 12.4. The van der Waals surface area contributed by atoms with Crippen LogP contribution in [0.1, 0.15) is 18.0 Å². The number of allylic oxidation sites excluding steroid dienone is 1. The van der Waals surface area contributed by atoms with Gasteiger partial charge in [0.25, 0.3) is 0 Å². The molecule has 2 aromatic rings. The Morgan fingerprint density at radius 2 is 1.52 bits per heavy atom. The quantitative estimate of drug-likeness (QED) is 0.471. The second-order valence-corrected chi connectivity index (χ2v) is 10.8. The minimum atomic E-state index is -1.98. The van der Waals surface area contributed by atoms with Crippen molar-refractivity contribution >= 4 is 19.2 Å². The molecule has 1 unspecified atom stereocenters. The largest absolute Gasteiger partial charge is 0.466 e. The highest BCUT2D eigenvalue weighted by Gasteiger charge is 2.39. The molecule has 120 valence electrons. The smallest absolute Gasteiger partial charge is 0.333 e. The summed E-state index contributed by atoms with van der Waals surface area (Å²) in [5, 5.41) is 1.33. The highest BCUT2D eigenvalue weighted by Crippen LogP contribution is 2.34. The SMILES string of the molecule is C/C=C(/C(=O)OC)C(c1ccccc1)[Si](C)(C)c1ccccc1. The van der Waals surface area contributed by atoms with Crippen molar-refractivity contribution in [1.29, 1.82) is 0 Å². The lowest BCUT2D eigenvalue weighted by Crippen LogP contribution is -2.49. The van der Waals surface area contributed by atoms with E-state index < -0.39 is 8.07 Å². The van der Waals surface area contributed by atoms with Crippen LogP contribution in [0, 0.1) is 0 Å². The van der Waals surface area contributed by atoms with E-state index in [0.29, 0.717) is 0 Å². The van der Waals surface area contributed by atoms with E-state index in [1.54, 1.807) is 0 Å². The number of rotatable bonds is 5. The van der Waals surface area contributed by atoms with Gasteiger partial charge in [-0.2, -0.15) is 0 Å². The summed E-state index contributed by atoms with van der Waals surface area (Å²) >= 11 is 0. The van der Waals surface area contributed by atoms with Crippen LogP contribution < -0.4 is 5.19 Å². The lowest BCUT2D eigenvalue weighted by atomic mass is 10.0. The maximum atomic E-state index is 12.4. The Kier molecular flexibility index (Phi) is 5.56. The molecule has 0 aliphatic heterocycles. The van der Waals surface area contributed by atoms with Crippen LogP contribution in [0.4, 0.5) is 0 Å². The summed E-state index contributed by atoms with van der Waals surface area (Å²) in [6, 6.07) is 20.8. The molecule has 23 heavy (non-hydrogen) atoms. The van der Waals surface area contributed by atoms with Gasteiger partial charge in [0.2, 0.25) is 0 Å². The van der Waals surface area contributed by atoms with E-state index in [2.05, 4.69) is 49.5 Å². The fourth-order valence-electron chi connectivity index (χ4n) is 3.19. The van der Waals surface area contributed by atoms with Gasteiger partial charge < -0.3 is 4.74 Å². The molecule has 0 fully saturated rings. The van der Waals surface area contributed by atoms with Crippen molar-refractivity contribution in [3.8, 4) is 0 Å². The molecule has 2 rings (SSSR count). The van der Waals surface area contributed by atoms with Gasteiger partial charge in [-0.15, -0.1) is 0 Å². The highest BCUT2D eigenvalue weighted by molar-refractivity contribution is 6.91. The maximum absolute atomic E-state index is 12.4. The minimum Gasteiger partial charge on any atom is -0.466 e. The number of benzene rings is 2. The minimum absolute atomic E-state index is 0.0588. The Balaban J connectivity index is 2.61. The molecule has 0 saturated heterocycles. The number of hydrogen-bond acceptors (Lipinski definition) is 2. The second kappa shape index (κ2) is 7.42. The van der Waals surface area contributed by atoms with Crippen molar-refractivity contribution in [2.24, 2.45) is 0 Å². The molecular weight excluding hydrogens is 300 g/mol.